The Bertz CT molecular complexity index is 1090. The minimum atomic E-state index is -6.43. The standard InChI is InChI=1S/C22H26F10O8S/c1-11(9-38-4-3-19(23,24)22(31,32)41(35,36)37)17(34)39-10-16-7-13-5-14(16)6-15(13)8-18(20(25,26)27,21(28,29)30)40-12(2)33/h13-16H,1,3-10H2,2H3,(H,35,36,37). The number of ether oxygens (including phenoxy) is 3. The van der Waals surface area contributed by atoms with E-state index in [0.29, 0.717) is 6.92 Å². The van der Waals surface area contributed by atoms with Gasteiger partial charge in [0.1, 0.15) is 0 Å². The first-order valence-corrected chi connectivity index (χ1v) is 13.3. The quantitative estimate of drug-likeness (QED) is 0.0974. The third kappa shape index (κ3) is 7.44. The number of alkyl halides is 10. The van der Waals surface area contributed by atoms with E-state index in [1.807, 2.05) is 0 Å². The lowest BCUT2D eigenvalue weighted by Gasteiger charge is -2.40. The first-order valence-electron chi connectivity index (χ1n) is 11.8. The molecule has 2 aliphatic carbocycles. The minimum absolute atomic E-state index is 0.0888. The van der Waals surface area contributed by atoms with Gasteiger partial charge in [-0.05, 0) is 42.9 Å². The van der Waals surface area contributed by atoms with E-state index in [-0.39, 0.29) is 25.9 Å². The molecule has 2 fully saturated rings. The van der Waals surface area contributed by atoms with Crippen molar-refractivity contribution in [3.8, 4) is 0 Å². The van der Waals surface area contributed by atoms with Crippen LogP contribution >= 0.6 is 0 Å². The molecule has 41 heavy (non-hydrogen) atoms. The predicted molar refractivity (Wildman–Crippen MR) is 116 cm³/mol. The van der Waals surface area contributed by atoms with Crippen LogP contribution < -0.4 is 0 Å². The van der Waals surface area contributed by atoms with Gasteiger partial charge in [0.2, 0.25) is 0 Å². The number of halogens is 10. The molecule has 4 unspecified atom stereocenters. The Labute approximate surface area is 227 Å². The first-order chi connectivity index (χ1) is 18.4. The molecule has 0 aromatic carbocycles. The Kier molecular flexibility index (Phi) is 10.1. The second-order valence-electron chi connectivity index (χ2n) is 10.1. The van der Waals surface area contributed by atoms with Crippen LogP contribution in [-0.4, -0.2) is 73.9 Å². The monoisotopic (exact) mass is 640 g/mol. The molecule has 2 aliphatic rings. The van der Waals surface area contributed by atoms with Gasteiger partial charge in [-0.25, -0.2) is 4.79 Å². The lowest BCUT2D eigenvalue weighted by atomic mass is 9.76. The fourth-order valence-corrected chi connectivity index (χ4v) is 5.69. The maximum Gasteiger partial charge on any atom is 0.437 e. The number of carbonyl (C=O) groups excluding carboxylic acids is 2. The first kappa shape index (κ1) is 35.0. The summed E-state index contributed by atoms with van der Waals surface area (Å²) in [4.78, 5) is 23.2. The van der Waals surface area contributed by atoms with Crippen LogP contribution in [0.2, 0.25) is 0 Å². The number of rotatable bonds is 13. The Balaban J connectivity index is 1.87. The van der Waals surface area contributed by atoms with E-state index in [0.717, 1.165) is 0 Å². The van der Waals surface area contributed by atoms with E-state index in [2.05, 4.69) is 16.1 Å². The molecule has 4 atom stereocenters. The summed E-state index contributed by atoms with van der Waals surface area (Å²) < 4.78 is 177. The highest BCUT2D eigenvalue weighted by Gasteiger charge is 2.75. The Morgan fingerprint density at radius 1 is 0.902 bits per heavy atom. The third-order valence-electron chi connectivity index (χ3n) is 7.24. The van der Waals surface area contributed by atoms with E-state index in [1.54, 1.807) is 0 Å². The summed E-state index contributed by atoms with van der Waals surface area (Å²) in [6, 6.07) is 0. The van der Waals surface area contributed by atoms with Gasteiger partial charge in [-0.15, -0.1) is 0 Å². The molecule has 0 saturated heterocycles. The Morgan fingerprint density at radius 2 is 1.41 bits per heavy atom. The molecule has 0 spiro atoms. The average molecular weight is 640 g/mol. The van der Waals surface area contributed by atoms with Crippen LogP contribution in [0.15, 0.2) is 12.2 Å². The minimum Gasteiger partial charge on any atom is -0.462 e. The van der Waals surface area contributed by atoms with Crippen LogP contribution in [0.25, 0.3) is 0 Å². The largest absolute Gasteiger partial charge is 0.462 e. The van der Waals surface area contributed by atoms with Gasteiger partial charge in [-0.2, -0.15) is 52.3 Å². The summed E-state index contributed by atoms with van der Waals surface area (Å²) in [7, 11) is -6.43. The van der Waals surface area contributed by atoms with Gasteiger partial charge in [0.25, 0.3) is 0 Å². The van der Waals surface area contributed by atoms with Crippen molar-refractivity contribution < 1.29 is 80.7 Å². The van der Waals surface area contributed by atoms with Crippen LogP contribution in [0.3, 0.4) is 0 Å². The fraction of sp³-hybridized carbons (Fsp3) is 0.818. The summed E-state index contributed by atoms with van der Waals surface area (Å²) in [5.74, 6) is -10.6. The van der Waals surface area contributed by atoms with Crippen molar-refractivity contribution in [1.82, 2.24) is 0 Å². The molecule has 2 bridgehead atoms. The molecule has 2 rings (SSSR count). The van der Waals surface area contributed by atoms with Gasteiger partial charge < -0.3 is 14.2 Å². The second-order valence-corrected chi connectivity index (χ2v) is 11.5. The molecule has 0 amide bonds. The molecule has 0 heterocycles. The third-order valence-corrected chi connectivity index (χ3v) is 8.18. The van der Waals surface area contributed by atoms with Crippen LogP contribution in [0.4, 0.5) is 43.9 Å². The van der Waals surface area contributed by atoms with E-state index in [1.165, 1.54) is 0 Å². The zero-order chi connectivity index (χ0) is 31.8. The lowest BCUT2D eigenvalue weighted by Crippen LogP contribution is -2.60. The molecular formula is C22H26F10O8S. The van der Waals surface area contributed by atoms with Crippen molar-refractivity contribution in [1.29, 1.82) is 0 Å². The van der Waals surface area contributed by atoms with Gasteiger partial charge in [-0.3, -0.25) is 9.35 Å². The molecule has 238 valence electrons. The van der Waals surface area contributed by atoms with Crippen LogP contribution in [0, 0.1) is 23.7 Å². The number of fused-ring (bicyclic) bond motifs is 2. The number of carbonyl (C=O) groups is 2. The second kappa shape index (κ2) is 11.9. The summed E-state index contributed by atoms with van der Waals surface area (Å²) in [6.07, 6.45) is -15.0. The molecule has 0 aliphatic heterocycles. The lowest BCUT2D eigenvalue weighted by molar-refractivity contribution is -0.374. The molecule has 19 heteroatoms. The van der Waals surface area contributed by atoms with Crippen molar-refractivity contribution >= 4 is 22.1 Å². The van der Waals surface area contributed by atoms with Crippen LogP contribution in [0.5, 0.6) is 0 Å². The Hall–Kier alpha value is -2.15. The molecule has 2 saturated carbocycles. The average Bonchev–Trinajstić information content (AvgIpc) is 3.37. The van der Waals surface area contributed by atoms with E-state index < -0.39 is 106 Å². The van der Waals surface area contributed by atoms with Crippen molar-refractivity contribution in [3.05, 3.63) is 12.2 Å². The van der Waals surface area contributed by atoms with E-state index in [4.69, 9.17) is 9.29 Å². The highest BCUT2D eigenvalue weighted by atomic mass is 32.2. The molecule has 0 aromatic heterocycles. The zero-order valence-electron chi connectivity index (χ0n) is 21.2. The SMILES string of the molecule is C=C(COCCC(F)(F)C(F)(F)S(=O)(=O)O)C(=O)OCC1CC2CC1CC2CC(OC(C)=O)(C(F)(F)F)C(F)(F)F. The van der Waals surface area contributed by atoms with Gasteiger partial charge in [-0.1, -0.05) is 6.58 Å². The van der Waals surface area contributed by atoms with Crippen LogP contribution in [0.1, 0.15) is 39.0 Å². The predicted octanol–water partition coefficient (Wildman–Crippen LogP) is 5.09. The summed E-state index contributed by atoms with van der Waals surface area (Å²) in [5.41, 5.74) is -5.13. The van der Waals surface area contributed by atoms with Crippen molar-refractivity contribution in [2.75, 3.05) is 19.8 Å². The summed E-state index contributed by atoms with van der Waals surface area (Å²) in [6.45, 7) is 1.43. The summed E-state index contributed by atoms with van der Waals surface area (Å²) in [5, 5.41) is -5.79. The maximum atomic E-state index is 13.6. The van der Waals surface area contributed by atoms with Gasteiger partial charge in [0.05, 0.1) is 25.4 Å². The Morgan fingerprint density at radius 3 is 1.85 bits per heavy atom. The normalized spacial score (nSPS) is 23.9. The molecule has 1 N–H and O–H groups in total. The zero-order valence-corrected chi connectivity index (χ0v) is 22.0. The number of esters is 2. The number of hydrogen-bond acceptors (Lipinski definition) is 7. The highest BCUT2D eigenvalue weighted by molar-refractivity contribution is 7.87. The van der Waals surface area contributed by atoms with E-state index in [9.17, 15) is 61.9 Å². The molecule has 0 radical (unpaired) electrons. The van der Waals surface area contributed by atoms with Gasteiger partial charge >= 0.3 is 51.2 Å². The topological polar surface area (TPSA) is 116 Å². The van der Waals surface area contributed by atoms with Crippen molar-refractivity contribution in [2.24, 2.45) is 23.7 Å². The molecular weight excluding hydrogens is 614 g/mol. The molecule has 8 nitrogen and oxygen atoms in total. The van der Waals surface area contributed by atoms with Gasteiger partial charge in [0, 0.05) is 19.8 Å². The van der Waals surface area contributed by atoms with Gasteiger partial charge in [0.15, 0.2) is 0 Å². The molecule has 0 aromatic rings. The van der Waals surface area contributed by atoms with E-state index >= 15 is 0 Å². The maximum absolute atomic E-state index is 13.6. The number of hydrogen-bond donors (Lipinski definition) is 1. The smallest absolute Gasteiger partial charge is 0.437 e. The summed E-state index contributed by atoms with van der Waals surface area (Å²) >= 11 is 0. The fourth-order valence-electron chi connectivity index (χ4n) is 5.21. The highest BCUT2D eigenvalue weighted by Crippen LogP contribution is 2.58. The van der Waals surface area contributed by atoms with Crippen molar-refractivity contribution in [2.45, 2.75) is 68.2 Å². The van der Waals surface area contributed by atoms with Crippen LogP contribution in [-0.2, 0) is 33.9 Å². The van der Waals surface area contributed by atoms with Crippen molar-refractivity contribution in [3.63, 3.8) is 0 Å².